The van der Waals surface area contributed by atoms with Gasteiger partial charge in [0, 0.05) is 11.4 Å². The van der Waals surface area contributed by atoms with Crippen molar-refractivity contribution in [3.05, 3.63) is 58.9 Å². The van der Waals surface area contributed by atoms with Crippen molar-refractivity contribution in [2.24, 2.45) is 0 Å². The minimum absolute atomic E-state index is 0.0642. The number of esters is 1. The Labute approximate surface area is 116 Å². The van der Waals surface area contributed by atoms with E-state index in [2.05, 4.69) is 0 Å². The van der Waals surface area contributed by atoms with Gasteiger partial charge in [0.05, 0.1) is 5.56 Å². The maximum Gasteiger partial charge on any atom is 0.340 e. The molecule has 0 amide bonds. The van der Waals surface area contributed by atoms with Crippen LogP contribution in [0.2, 0.25) is 0 Å². The number of nitrogen functional groups attached to an aromatic ring is 2. The van der Waals surface area contributed by atoms with Gasteiger partial charge in [0.2, 0.25) is 0 Å². The molecule has 0 aliphatic heterocycles. The van der Waals surface area contributed by atoms with E-state index in [1.807, 2.05) is 0 Å². The van der Waals surface area contributed by atoms with Gasteiger partial charge in [-0.2, -0.15) is 0 Å². The standard InChI is InChI=1S/C15H15FN2O2/c1-9-6-11(16)3-2-10(9)8-20-15(19)13-5-4-12(17)7-14(13)18/h2-7H,8,17-18H2,1H3. The van der Waals surface area contributed by atoms with Crippen molar-refractivity contribution in [3.63, 3.8) is 0 Å². The summed E-state index contributed by atoms with van der Waals surface area (Å²) >= 11 is 0. The van der Waals surface area contributed by atoms with Crippen molar-refractivity contribution in [3.8, 4) is 0 Å². The van der Waals surface area contributed by atoms with Gasteiger partial charge in [-0.1, -0.05) is 6.07 Å². The molecule has 0 saturated heterocycles. The second-order valence-electron chi connectivity index (χ2n) is 4.49. The quantitative estimate of drug-likeness (QED) is 0.666. The van der Waals surface area contributed by atoms with Crippen molar-refractivity contribution >= 4 is 17.3 Å². The van der Waals surface area contributed by atoms with E-state index >= 15 is 0 Å². The molecule has 0 radical (unpaired) electrons. The summed E-state index contributed by atoms with van der Waals surface area (Å²) in [4.78, 5) is 11.9. The highest BCUT2D eigenvalue weighted by Crippen LogP contribution is 2.18. The van der Waals surface area contributed by atoms with Gasteiger partial charge in [-0.25, -0.2) is 9.18 Å². The molecule has 0 spiro atoms. The third-order valence-electron chi connectivity index (χ3n) is 2.96. The Morgan fingerprint density at radius 3 is 2.60 bits per heavy atom. The molecule has 2 rings (SSSR count). The molecule has 0 bridgehead atoms. The number of halogens is 1. The van der Waals surface area contributed by atoms with Gasteiger partial charge < -0.3 is 16.2 Å². The molecule has 0 heterocycles. The number of nitrogens with two attached hydrogens (primary N) is 2. The van der Waals surface area contributed by atoms with Crippen molar-refractivity contribution in [1.82, 2.24) is 0 Å². The number of carbonyl (C=O) groups is 1. The highest BCUT2D eigenvalue weighted by atomic mass is 19.1. The van der Waals surface area contributed by atoms with Crippen LogP contribution in [0.1, 0.15) is 21.5 Å². The van der Waals surface area contributed by atoms with E-state index in [9.17, 15) is 9.18 Å². The van der Waals surface area contributed by atoms with Crippen LogP contribution in [0, 0.1) is 12.7 Å². The summed E-state index contributed by atoms with van der Waals surface area (Å²) in [6.07, 6.45) is 0. The smallest absolute Gasteiger partial charge is 0.340 e. The number of carbonyl (C=O) groups excluding carboxylic acids is 1. The van der Waals surface area contributed by atoms with Crippen molar-refractivity contribution < 1.29 is 13.9 Å². The third-order valence-corrected chi connectivity index (χ3v) is 2.96. The van der Waals surface area contributed by atoms with Crippen LogP contribution >= 0.6 is 0 Å². The zero-order valence-electron chi connectivity index (χ0n) is 11.0. The van der Waals surface area contributed by atoms with E-state index in [0.717, 1.165) is 11.1 Å². The molecule has 20 heavy (non-hydrogen) atoms. The normalized spacial score (nSPS) is 10.3. The zero-order valence-corrected chi connectivity index (χ0v) is 11.0. The summed E-state index contributed by atoms with van der Waals surface area (Å²) in [5.41, 5.74) is 13.8. The van der Waals surface area contributed by atoms with Crippen molar-refractivity contribution in [2.45, 2.75) is 13.5 Å². The molecular weight excluding hydrogens is 259 g/mol. The van der Waals surface area contributed by atoms with Crippen LogP contribution in [0.15, 0.2) is 36.4 Å². The summed E-state index contributed by atoms with van der Waals surface area (Å²) in [7, 11) is 0. The monoisotopic (exact) mass is 274 g/mol. The summed E-state index contributed by atoms with van der Waals surface area (Å²) < 4.78 is 18.1. The van der Waals surface area contributed by atoms with Crippen molar-refractivity contribution in [1.29, 1.82) is 0 Å². The predicted octanol–water partition coefficient (Wildman–Crippen LogP) is 2.66. The summed E-state index contributed by atoms with van der Waals surface area (Å²) in [5, 5.41) is 0. The number of hydrogen-bond acceptors (Lipinski definition) is 4. The topological polar surface area (TPSA) is 78.3 Å². The predicted molar refractivity (Wildman–Crippen MR) is 75.5 cm³/mol. The third kappa shape index (κ3) is 3.06. The lowest BCUT2D eigenvalue weighted by molar-refractivity contribution is 0.0473. The minimum atomic E-state index is -0.536. The Hall–Kier alpha value is -2.56. The van der Waals surface area contributed by atoms with Crippen molar-refractivity contribution in [2.75, 3.05) is 11.5 Å². The second kappa shape index (κ2) is 5.61. The lowest BCUT2D eigenvalue weighted by Gasteiger charge is -2.09. The van der Waals surface area contributed by atoms with Crippen LogP contribution in [-0.4, -0.2) is 5.97 Å². The Kier molecular flexibility index (Phi) is 3.89. The molecular formula is C15H15FN2O2. The first kappa shape index (κ1) is 13.9. The first-order valence-electron chi connectivity index (χ1n) is 6.04. The molecule has 5 heteroatoms. The molecule has 104 valence electrons. The highest BCUT2D eigenvalue weighted by Gasteiger charge is 2.12. The molecule has 2 aromatic carbocycles. The maximum atomic E-state index is 13.0. The van der Waals surface area contributed by atoms with E-state index < -0.39 is 5.97 Å². The second-order valence-corrected chi connectivity index (χ2v) is 4.49. The van der Waals surface area contributed by atoms with Crippen LogP contribution in [-0.2, 0) is 11.3 Å². The average Bonchev–Trinajstić information content (AvgIpc) is 2.37. The lowest BCUT2D eigenvalue weighted by Crippen LogP contribution is -2.09. The summed E-state index contributed by atoms with van der Waals surface area (Å²) in [6, 6.07) is 8.90. The molecule has 0 aliphatic carbocycles. The fourth-order valence-corrected chi connectivity index (χ4v) is 1.81. The van der Waals surface area contributed by atoms with E-state index in [1.54, 1.807) is 19.1 Å². The molecule has 0 saturated carbocycles. The minimum Gasteiger partial charge on any atom is -0.457 e. The Bertz CT molecular complexity index is 656. The van der Waals surface area contributed by atoms with Gasteiger partial charge in [0.15, 0.2) is 0 Å². The Morgan fingerprint density at radius 2 is 1.95 bits per heavy atom. The number of ether oxygens (including phenoxy) is 1. The van der Waals surface area contributed by atoms with Gasteiger partial charge >= 0.3 is 5.97 Å². The van der Waals surface area contributed by atoms with E-state index in [0.29, 0.717) is 5.69 Å². The Morgan fingerprint density at radius 1 is 1.20 bits per heavy atom. The van der Waals surface area contributed by atoms with Gasteiger partial charge in [-0.15, -0.1) is 0 Å². The number of aryl methyl sites for hydroxylation is 1. The SMILES string of the molecule is Cc1cc(F)ccc1COC(=O)c1ccc(N)cc1N. The van der Waals surface area contributed by atoms with E-state index in [-0.39, 0.29) is 23.7 Å². The fourth-order valence-electron chi connectivity index (χ4n) is 1.81. The molecule has 4 N–H and O–H groups in total. The van der Waals surface area contributed by atoms with Crippen LogP contribution in [0.5, 0.6) is 0 Å². The average molecular weight is 274 g/mol. The van der Waals surface area contributed by atoms with Crippen LogP contribution < -0.4 is 11.5 Å². The Balaban J connectivity index is 2.08. The lowest BCUT2D eigenvalue weighted by atomic mass is 10.1. The number of hydrogen-bond donors (Lipinski definition) is 2. The van der Waals surface area contributed by atoms with Crippen LogP contribution in [0.4, 0.5) is 15.8 Å². The first-order chi connectivity index (χ1) is 9.47. The largest absolute Gasteiger partial charge is 0.457 e. The molecule has 2 aromatic rings. The molecule has 4 nitrogen and oxygen atoms in total. The van der Waals surface area contributed by atoms with Crippen LogP contribution in [0.25, 0.3) is 0 Å². The molecule has 0 fully saturated rings. The van der Waals surface area contributed by atoms with Gasteiger partial charge in [0.1, 0.15) is 12.4 Å². The zero-order chi connectivity index (χ0) is 14.7. The summed E-state index contributed by atoms with van der Waals surface area (Å²) in [5.74, 6) is -0.855. The summed E-state index contributed by atoms with van der Waals surface area (Å²) in [6.45, 7) is 1.82. The van der Waals surface area contributed by atoms with E-state index in [1.165, 1.54) is 24.3 Å². The van der Waals surface area contributed by atoms with Gasteiger partial charge in [0.25, 0.3) is 0 Å². The van der Waals surface area contributed by atoms with E-state index in [4.69, 9.17) is 16.2 Å². The molecule has 0 atom stereocenters. The molecule has 0 aromatic heterocycles. The number of rotatable bonds is 3. The van der Waals surface area contributed by atoms with Gasteiger partial charge in [-0.3, -0.25) is 0 Å². The fraction of sp³-hybridized carbons (Fsp3) is 0.133. The number of benzene rings is 2. The number of anilines is 2. The first-order valence-corrected chi connectivity index (χ1v) is 6.04. The maximum absolute atomic E-state index is 13.0. The van der Waals surface area contributed by atoms with Crippen LogP contribution in [0.3, 0.4) is 0 Å². The molecule has 0 unspecified atom stereocenters. The molecule has 0 aliphatic rings. The highest BCUT2D eigenvalue weighted by molar-refractivity contribution is 5.95. The van der Waals surface area contributed by atoms with Gasteiger partial charge in [-0.05, 0) is 48.4 Å².